The standard InChI is InChI=1S/C18H42N4/c1-3-20-14-11-17-22(18-12-15-21-4-2)16-10-8-6-5-7-9-13-19/h20-21H,3-19H2,1-2H3. The molecule has 0 amide bonds. The summed E-state index contributed by atoms with van der Waals surface area (Å²) in [4.78, 5) is 2.66. The van der Waals surface area contributed by atoms with E-state index in [9.17, 15) is 0 Å². The highest BCUT2D eigenvalue weighted by Crippen LogP contribution is 2.06. The van der Waals surface area contributed by atoms with Crippen LogP contribution in [0.25, 0.3) is 0 Å². The van der Waals surface area contributed by atoms with Gasteiger partial charge in [0.2, 0.25) is 0 Å². The van der Waals surface area contributed by atoms with E-state index in [4.69, 9.17) is 5.73 Å². The summed E-state index contributed by atoms with van der Waals surface area (Å²) in [5.41, 5.74) is 5.53. The molecule has 4 nitrogen and oxygen atoms in total. The zero-order valence-electron chi connectivity index (χ0n) is 15.3. The van der Waals surface area contributed by atoms with Crippen molar-refractivity contribution < 1.29 is 0 Å². The van der Waals surface area contributed by atoms with E-state index in [1.54, 1.807) is 0 Å². The smallest absolute Gasteiger partial charge is 0.000663 e. The van der Waals surface area contributed by atoms with E-state index in [0.29, 0.717) is 0 Å². The number of nitrogens with two attached hydrogens (primary N) is 1. The second-order valence-electron chi connectivity index (χ2n) is 6.17. The maximum Gasteiger partial charge on any atom is -0.000663 e. The molecule has 0 aliphatic carbocycles. The number of nitrogens with one attached hydrogen (secondary N) is 2. The minimum absolute atomic E-state index is 0.853. The molecule has 4 heteroatoms. The molecular formula is C18H42N4. The van der Waals surface area contributed by atoms with Crippen molar-refractivity contribution in [2.45, 2.75) is 65.2 Å². The number of nitrogens with zero attached hydrogens (tertiary/aromatic N) is 1. The highest BCUT2D eigenvalue weighted by molar-refractivity contribution is 4.61. The van der Waals surface area contributed by atoms with Crippen molar-refractivity contribution in [2.75, 3.05) is 52.4 Å². The predicted octanol–water partition coefficient (Wildman–Crippen LogP) is 2.59. The van der Waals surface area contributed by atoms with Gasteiger partial charge in [-0.3, -0.25) is 0 Å². The van der Waals surface area contributed by atoms with Gasteiger partial charge in [0, 0.05) is 0 Å². The molecule has 4 N–H and O–H groups in total. The minimum Gasteiger partial charge on any atom is -0.330 e. The number of unbranched alkanes of at least 4 members (excludes halogenated alkanes) is 5. The van der Waals surface area contributed by atoms with Crippen LogP contribution in [0.1, 0.15) is 65.2 Å². The molecule has 0 unspecified atom stereocenters. The summed E-state index contributed by atoms with van der Waals surface area (Å²) >= 11 is 0. The van der Waals surface area contributed by atoms with E-state index in [1.807, 2.05) is 0 Å². The molecular weight excluding hydrogens is 272 g/mol. The Morgan fingerprint density at radius 2 is 1.09 bits per heavy atom. The summed E-state index contributed by atoms with van der Waals surface area (Å²) in [6, 6.07) is 0. The molecule has 0 spiro atoms. The van der Waals surface area contributed by atoms with Crippen LogP contribution < -0.4 is 16.4 Å². The van der Waals surface area contributed by atoms with Gasteiger partial charge in [0.25, 0.3) is 0 Å². The molecule has 0 heterocycles. The Morgan fingerprint density at radius 3 is 1.59 bits per heavy atom. The van der Waals surface area contributed by atoms with Gasteiger partial charge >= 0.3 is 0 Å². The van der Waals surface area contributed by atoms with Crippen LogP contribution in [-0.2, 0) is 0 Å². The van der Waals surface area contributed by atoms with Gasteiger partial charge in [0.05, 0.1) is 0 Å². The predicted molar refractivity (Wildman–Crippen MR) is 99.5 cm³/mol. The molecule has 22 heavy (non-hydrogen) atoms. The third-order valence-electron chi connectivity index (χ3n) is 4.08. The molecule has 0 rings (SSSR count). The molecule has 0 saturated heterocycles. The minimum atomic E-state index is 0.853. The Kier molecular flexibility index (Phi) is 18.8. The Morgan fingerprint density at radius 1 is 0.636 bits per heavy atom. The molecule has 134 valence electrons. The molecule has 0 fully saturated rings. The van der Waals surface area contributed by atoms with E-state index < -0.39 is 0 Å². The maximum absolute atomic E-state index is 5.53. The van der Waals surface area contributed by atoms with Gasteiger partial charge < -0.3 is 21.3 Å². The molecule has 0 saturated carbocycles. The van der Waals surface area contributed by atoms with Crippen LogP contribution in [0.15, 0.2) is 0 Å². The lowest BCUT2D eigenvalue weighted by molar-refractivity contribution is 0.258. The molecule has 0 aliphatic rings. The van der Waals surface area contributed by atoms with Crippen molar-refractivity contribution in [3.8, 4) is 0 Å². The molecule has 0 aromatic rings. The van der Waals surface area contributed by atoms with Crippen LogP contribution >= 0.6 is 0 Å². The molecule has 0 bridgehead atoms. The normalized spacial score (nSPS) is 11.5. The summed E-state index contributed by atoms with van der Waals surface area (Å²) in [5, 5.41) is 6.85. The lowest BCUT2D eigenvalue weighted by atomic mass is 10.1. The van der Waals surface area contributed by atoms with Crippen LogP contribution in [0.2, 0.25) is 0 Å². The first kappa shape index (κ1) is 21.8. The van der Waals surface area contributed by atoms with Crippen molar-refractivity contribution >= 4 is 0 Å². The fraction of sp³-hybridized carbons (Fsp3) is 1.00. The van der Waals surface area contributed by atoms with Crippen molar-refractivity contribution in [2.24, 2.45) is 5.73 Å². The first-order valence-electron chi connectivity index (χ1n) is 9.69. The average molecular weight is 315 g/mol. The molecule has 0 aromatic heterocycles. The van der Waals surface area contributed by atoms with E-state index in [0.717, 1.165) is 32.7 Å². The largest absolute Gasteiger partial charge is 0.330 e. The Labute approximate surface area is 139 Å². The Balaban J connectivity index is 3.66. The zero-order chi connectivity index (χ0) is 16.3. The Hall–Kier alpha value is -0.160. The van der Waals surface area contributed by atoms with Gasteiger partial charge in [-0.15, -0.1) is 0 Å². The lowest BCUT2D eigenvalue weighted by Crippen LogP contribution is -2.31. The zero-order valence-corrected chi connectivity index (χ0v) is 15.3. The third-order valence-corrected chi connectivity index (χ3v) is 4.08. The molecule has 0 atom stereocenters. The third kappa shape index (κ3) is 16.2. The summed E-state index contributed by atoms with van der Waals surface area (Å²) in [7, 11) is 0. The highest BCUT2D eigenvalue weighted by atomic mass is 15.1. The fourth-order valence-corrected chi connectivity index (χ4v) is 2.73. The van der Waals surface area contributed by atoms with Gasteiger partial charge in [0.1, 0.15) is 0 Å². The van der Waals surface area contributed by atoms with Crippen LogP contribution in [-0.4, -0.2) is 57.3 Å². The second kappa shape index (κ2) is 18.9. The van der Waals surface area contributed by atoms with E-state index in [1.165, 1.54) is 71.0 Å². The van der Waals surface area contributed by atoms with Crippen molar-refractivity contribution in [3.63, 3.8) is 0 Å². The Bertz CT molecular complexity index is 188. The van der Waals surface area contributed by atoms with E-state index in [2.05, 4.69) is 29.4 Å². The van der Waals surface area contributed by atoms with Crippen LogP contribution in [0, 0.1) is 0 Å². The molecule has 0 aliphatic heterocycles. The van der Waals surface area contributed by atoms with Gasteiger partial charge in [0.15, 0.2) is 0 Å². The van der Waals surface area contributed by atoms with Gasteiger partial charge in [-0.25, -0.2) is 0 Å². The summed E-state index contributed by atoms with van der Waals surface area (Å²) in [5.74, 6) is 0. The summed E-state index contributed by atoms with van der Waals surface area (Å²) < 4.78 is 0. The first-order valence-corrected chi connectivity index (χ1v) is 9.69. The highest BCUT2D eigenvalue weighted by Gasteiger charge is 2.04. The van der Waals surface area contributed by atoms with E-state index >= 15 is 0 Å². The van der Waals surface area contributed by atoms with Gasteiger partial charge in [-0.2, -0.15) is 0 Å². The summed E-state index contributed by atoms with van der Waals surface area (Å²) in [6.45, 7) is 13.4. The SMILES string of the molecule is CCNCCCN(CCCCCCCCN)CCCNCC. The van der Waals surface area contributed by atoms with E-state index in [-0.39, 0.29) is 0 Å². The number of rotatable bonds is 18. The first-order chi connectivity index (χ1) is 10.8. The maximum atomic E-state index is 5.53. The number of hydrogen-bond acceptors (Lipinski definition) is 4. The second-order valence-corrected chi connectivity index (χ2v) is 6.17. The van der Waals surface area contributed by atoms with Crippen LogP contribution in [0.3, 0.4) is 0 Å². The van der Waals surface area contributed by atoms with Gasteiger partial charge in [-0.1, -0.05) is 39.5 Å². The van der Waals surface area contributed by atoms with Crippen LogP contribution in [0.4, 0.5) is 0 Å². The fourth-order valence-electron chi connectivity index (χ4n) is 2.73. The summed E-state index contributed by atoms with van der Waals surface area (Å²) in [6.07, 6.45) is 10.5. The monoisotopic (exact) mass is 314 g/mol. The van der Waals surface area contributed by atoms with Crippen LogP contribution in [0.5, 0.6) is 0 Å². The number of hydrogen-bond donors (Lipinski definition) is 3. The molecule has 0 aromatic carbocycles. The molecule has 0 radical (unpaired) electrons. The van der Waals surface area contributed by atoms with Crippen molar-refractivity contribution in [1.29, 1.82) is 0 Å². The van der Waals surface area contributed by atoms with Crippen molar-refractivity contribution in [3.05, 3.63) is 0 Å². The van der Waals surface area contributed by atoms with Crippen molar-refractivity contribution in [1.82, 2.24) is 15.5 Å². The topological polar surface area (TPSA) is 53.3 Å². The quantitative estimate of drug-likeness (QED) is 0.340. The lowest BCUT2D eigenvalue weighted by Gasteiger charge is -2.22. The van der Waals surface area contributed by atoms with Gasteiger partial charge in [-0.05, 0) is 78.0 Å². The average Bonchev–Trinajstić information content (AvgIpc) is 2.53.